The smallest absolute Gasteiger partial charge is 0.348 e. The minimum absolute atomic E-state index is 0.104. The van der Waals surface area contributed by atoms with E-state index in [2.05, 4.69) is 20.3 Å². The molecule has 2 aromatic rings. The molecule has 1 atom stereocenters. The van der Waals surface area contributed by atoms with Crippen LogP contribution in [0, 0.1) is 10.1 Å². The molecule has 0 saturated carbocycles. The highest BCUT2D eigenvalue weighted by atomic mass is 35.5. The van der Waals surface area contributed by atoms with Crippen molar-refractivity contribution >= 4 is 34.4 Å². The number of hydrogen-bond donors (Lipinski definition) is 1. The van der Waals surface area contributed by atoms with Crippen LogP contribution in [0.1, 0.15) is 24.4 Å². The fraction of sp³-hybridized carbons (Fsp3) is 0.300. The Morgan fingerprint density at radius 3 is 2.89 bits per heavy atom. The number of nitrogens with zero attached hydrogens (tertiary/aromatic N) is 4. The Hall–Kier alpha value is -1.80. The van der Waals surface area contributed by atoms with Gasteiger partial charge in [0, 0.05) is 11.6 Å². The fourth-order valence-electron chi connectivity index (χ4n) is 1.53. The van der Waals surface area contributed by atoms with Gasteiger partial charge < -0.3 is 5.32 Å². The minimum Gasteiger partial charge on any atom is -0.355 e. The average molecular weight is 300 g/mol. The van der Waals surface area contributed by atoms with Gasteiger partial charge in [0.1, 0.15) is 11.3 Å². The van der Waals surface area contributed by atoms with Crippen LogP contribution in [0.3, 0.4) is 0 Å². The molecule has 0 aliphatic heterocycles. The highest BCUT2D eigenvalue weighted by Gasteiger charge is 2.24. The highest BCUT2D eigenvalue weighted by Crippen LogP contribution is 2.32. The van der Waals surface area contributed by atoms with Crippen LogP contribution >= 0.6 is 22.9 Å². The van der Waals surface area contributed by atoms with E-state index in [1.807, 2.05) is 12.3 Å². The van der Waals surface area contributed by atoms with E-state index >= 15 is 0 Å². The lowest BCUT2D eigenvalue weighted by Gasteiger charge is -2.14. The Morgan fingerprint density at radius 1 is 1.53 bits per heavy atom. The quantitative estimate of drug-likeness (QED) is 0.518. The Kier molecular flexibility index (Phi) is 4.23. The third-order valence-corrected chi connectivity index (χ3v) is 3.59. The monoisotopic (exact) mass is 299 g/mol. The molecule has 1 unspecified atom stereocenters. The molecule has 2 aromatic heterocycles. The van der Waals surface area contributed by atoms with Crippen molar-refractivity contribution in [3.8, 4) is 0 Å². The summed E-state index contributed by atoms with van der Waals surface area (Å²) in [6.07, 6.45) is 3.59. The van der Waals surface area contributed by atoms with Gasteiger partial charge in [0.2, 0.25) is 11.0 Å². The Labute approximate surface area is 117 Å². The molecule has 2 heterocycles. The molecule has 0 radical (unpaired) electrons. The number of nitro groups is 1. The topological polar surface area (TPSA) is 93.8 Å². The van der Waals surface area contributed by atoms with Crippen molar-refractivity contribution in [3.63, 3.8) is 0 Å². The molecular formula is C10H10ClN5O2S. The van der Waals surface area contributed by atoms with Gasteiger partial charge in [-0.3, -0.25) is 10.1 Å². The molecule has 9 heteroatoms. The first kappa shape index (κ1) is 13.6. The molecule has 7 nitrogen and oxygen atoms in total. The maximum absolute atomic E-state index is 11.0. The lowest BCUT2D eigenvalue weighted by atomic mass is 10.2. The van der Waals surface area contributed by atoms with E-state index in [-0.39, 0.29) is 22.7 Å². The van der Waals surface area contributed by atoms with E-state index in [1.54, 1.807) is 6.20 Å². The normalized spacial score (nSPS) is 12.1. The number of nitrogens with one attached hydrogen (secondary N) is 1. The van der Waals surface area contributed by atoms with Crippen molar-refractivity contribution in [3.05, 3.63) is 38.2 Å². The Balaban J connectivity index is 2.32. The predicted molar refractivity (Wildman–Crippen MR) is 72.5 cm³/mol. The number of thiazole rings is 1. The summed E-state index contributed by atoms with van der Waals surface area (Å²) in [6, 6.07) is -0.148. The van der Waals surface area contributed by atoms with Crippen molar-refractivity contribution in [2.75, 3.05) is 5.32 Å². The molecule has 0 aliphatic carbocycles. The zero-order valence-electron chi connectivity index (χ0n) is 9.91. The van der Waals surface area contributed by atoms with E-state index in [0.29, 0.717) is 6.42 Å². The molecule has 19 heavy (non-hydrogen) atoms. The SMILES string of the molecule is CCC(Nc1ncnc(Cl)c1[N+](=O)[O-])c1nccs1. The number of halogens is 1. The van der Waals surface area contributed by atoms with Crippen LogP contribution in [-0.2, 0) is 0 Å². The molecule has 1 N–H and O–H groups in total. The molecule has 0 spiro atoms. The largest absolute Gasteiger partial charge is 0.355 e. The van der Waals surface area contributed by atoms with Crippen molar-refractivity contribution in [1.82, 2.24) is 15.0 Å². The lowest BCUT2D eigenvalue weighted by molar-refractivity contribution is -0.384. The maximum Gasteiger partial charge on any atom is 0.348 e. The lowest BCUT2D eigenvalue weighted by Crippen LogP contribution is -2.12. The van der Waals surface area contributed by atoms with E-state index in [1.165, 1.54) is 17.7 Å². The summed E-state index contributed by atoms with van der Waals surface area (Å²) in [6.45, 7) is 1.95. The summed E-state index contributed by atoms with van der Waals surface area (Å²) in [5.41, 5.74) is -0.320. The Morgan fingerprint density at radius 2 is 2.32 bits per heavy atom. The molecule has 0 fully saturated rings. The van der Waals surface area contributed by atoms with Gasteiger partial charge in [-0.1, -0.05) is 18.5 Å². The van der Waals surface area contributed by atoms with Crippen molar-refractivity contribution in [1.29, 1.82) is 0 Å². The van der Waals surface area contributed by atoms with Gasteiger partial charge in [-0.2, -0.15) is 0 Å². The second-order valence-corrected chi connectivity index (χ2v) is 4.88. The van der Waals surface area contributed by atoms with Gasteiger partial charge in [-0.25, -0.2) is 15.0 Å². The summed E-state index contributed by atoms with van der Waals surface area (Å²) in [7, 11) is 0. The molecule has 0 amide bonds. The Bertz CT molecular complexity index is 577. The highest BCUT2D eigenvalue weighted by molar-refractivity contribution is 7.09. The number of hydrogen-bond acceptors (Lipinski definition) is 7. The number of rotatable bonds is 5. The van der Waals surface area contributed by atoms with Crippen molar-refractivity contribution < 1.29 is 4.92 Å². The van der Waals surface area contributed by atoms with Gasteiger partial charge >= 0.3 is 5.69 Å². The predicted octanol–water partition coefficient (Wildman–Crippen LogP) is 3.06. The van der Waals surface area contributed by atoms with E-state index in [0.717, 1.165) is 5.01 Å². The summed E-state index contributed by atoms with van der Waals surface area (Å²) in [5.74, 6) is 0.104. The summed E-state index contributed by atoms with van der Waals surface area (Å²) < 4.78 is 0. The molecule has 0 aromatic carbocycles. The molecular weight excluding hydrogens is 290 g/mol. The molecule has 100 valence electrons. The third kappa shape index (κ3) is 2.96. The molecule has 0 saturated heterocycles. The zero-order chi connectivity index (χ0) is 13.8. The summed E-state index contributed by atoms with van der Waals surface area (Å²) in [4.78, 5) is 22.1. The second-order valence-electron chi connectivity index (χ2n) is 3.59. The first-order valence-electron chi connectivity index (χ1n) is 5.44. The second kappa shape index (κ2) is 5.89. The van der Waals surface area contributed by atoms with Crippen LogP contribution < -0.4 is 5.32 Å². The fourth-order valence-corrected chi connectivity index (χ4v) is 2.51. The maximum atomic E-state index is 11.0. The van der Waals surface area contributed by atoms with Crippen LogP contribution in [0.25, 0.3) is 0 Å². The van der Waals surface area contributed by atoms with Gasteiger partial charge in [0.05, 0.1) is 11.0 Å². The van der Waals surface area contributed by atoms with E-state index in [4.69, 9.17) is 11.6 Å². The standard InChI is InChI=1S/C10H10ClN5O2S/c1-2-6(10-12-3-4-19-10)15-9-7(16(17)18)8(11)13-5-14-9/h3-6H,2H2,1H3,(H,13,14,15). The molecule has 2 rings (SSSR count). The minimum atomic E-state index is -0.598. The van der Waals surface area contributed by atoms with Gasteiger partial charge in [0.25, 0.3) is 0 Å². The van der Waals surface area contributed by atoms with Gasteiger partial charge in [-0.05, 0) is 6.42 Å². The average Bonchev–Trinajstić information content (AvgIpc) is 2.89. The van der Waals surface area contributed by atoms with Crippen LogP contribution in [0.2, 0.25) is 5.15 Å². The zero-order valence-corrected chi connectivity index (χ0v) is 11.5. The molecule has 0 aliphatic rings. The first-order valence-corrected chi connectivity index (χ1v) is 6.70. The summed E-state index contributed by atoms with van der Waals surface area (Å²) >= 11 is 7.20. The van der Waals surface area contributed by atoms with Crippen LogP contribution in [-0.4, -0.2) is 19.9 Å². The van der Waals surface area contributed by atoms with Crippen LogP contribution in [0.15, 0.2) is 17.9 Å². The number of anilines is 1. The van der Waals surface area contributed by atoms with Crippen molar-refractivity contribution in [2.45, 2.75) is 19.4 Å². The van der Waals surface area contributed by atoms with Gasteiger partial charge in [0.15, 0.2) is 0 Å². The van der Waals surface area contributed by atoms with Crippen molar-refractivity contribution in [2.24, 2.45) is 0 Å². The van der Waals surface area contributed by atoms with E-state index in [9.17, 15) is 10.1 Å². The van der Waals surface area contributed by atoms with Crippen LogP contribution in [0.4, 0.5) is 11.5 Å². The van der Waals surface area contributed by atoms with Gasteiger partial charge in [-0.15, -0.1) is 11.3 Å². The molecule has 0 bridgehead atoms. The number of aromatic nitrogens is 3. The first-order chi connectivity index (χ1) is 9.13. The third-order valence-electron chi connectivity index (χ3n) is 2.43. The van der Waals surface area contributed by atoms with E-state index < -0.39 is 4.92 Å². The summed E-state index contributed by atoms with van der Waals surface area (Å²) in [5, 5.41) is 16.5. The van der Waals surface area contributed by atoms with Crippen LogP contribution in [0.5, 0.6) is 0 Å².